The van der Waals surface area contributed by atoms with Crippen molar-refractivity contribution >= 4 is 0 Å². The molecule has 4 heteroatoms. The molecule has 0 saturated carbocycles. The lowest BCUT2D eigenvalue weighted by atomic mass is 10.7. The summed E-state index contributed by atoms with van der Waals surface area (Å²) in [6.45, 7) is 1.88. The van der Waals surface area contributed by atoms with E-state index in [1.165, 1.54) is 6.33 Å². The predicted molar refractivity (Wildman–Crippen MR) is 30.0 cm³/mol. The molecule has 0 spiro atoms. The molecule has 1 aromatic heterocycles. The van der Waals surface area contributed by atoms with Crippen molar-refractivity contribution in [3.8, 4) is 0 Å². The zero-order chi connectivity index (χ0) is 5.98. The largest absolute Gasteiger partial charge is 0.311 e. The molecule has 0 unspecified atom stereocenters. The topological polar surface area (TPSA) is 42.7 Å². The third-order valence-corrected chi connectivity index (χ3v) is 0.930. The summed E-state index contributed by atoms with van der Waals surface area (Å²) in [6, 6.07) is 0. The zero-order valence-electron chi connectivity index (χ0n) is 4.92. The van der Waals surface area contributed by atoms with Crippen LogP contribution in [0.1, 0.15) is 5.82 Å². The second kappa shape index (κ2) is 1.81. The molecule has 0 amide bonds. The molecule has 0 atom stereocenters. The Morgan fingerprint density at radius 2 is 2.50 bits per heavy atom. The van der Waals surface area contributed by atoms with Crippen molar-refractivity contribution in [2.75, 3.05) is 12.5 Å². The van der Waals surface area contributed by atoms with Crippen LogP contribution in [0, 0.1) is 6.92 Å². The molecule has 0 radical (unpaired) electrons. The predicted octanol–water partition coefficient (Wildman–Crippen LogP) is -0.240. The summed E-state index contributed by atoms with van der Waals surface area (Å²) in [5.74, 6) is 0.868. The molecule has 8 heavy (non-hydrogen) atoms. The molecule has 1 N–H and O–H groups in total. The number of nitrogens with zero attached hydrogens (tertiary/aromatic N) is 3. The first-order valence-electron chi connectivity index (χ1n) is 2.39. The summed E-state index contributed by atoms with van der Waals surface area (Å²) in [7, 11) is 1.79. The molecule has 0 aliphatic carbocycles. The maximum absolute atomic E-state index is 3.88. The third kappa shape index (κ3) is 0.641. The molecule has 44 valence electrons. The van der Waals surface area contributed by atoms with Gasteiger partial charge in [0.1, 0.15) is 12.2 Å². The van der Waals surface area contributed by atoms with Gasteiger partial charge in [-0.05, 0) is 6.92 Å². The van der Waals surface area contributed by atoms with E-state index in [0.717, 1.165) is 5.82 Å². The number of nitrogens with one attached hydrogen (secondary N) is 1. The Morgan fingerprint density at radius 3 is 2.75 bits per heavy atom. The summed E-state index contributed by atoms with van der Waals surface area (Å²) in [6.07, 6.45) is 1.51. The van der Waals surface area contributed by atoms with Gasteiger partial charge in [0.05, 0.1) is 0 Å². The van der Waals surface area contributed by atoms with Crippen LogP contribution < -0.4 is 5.43 Å². The SMILES string of the molecule is CNn1ncnc1C. The van der Waals surface area contributed by atoms with Crippen LogP contribution in [0.2, 0.25) is 0 Å². The third-order valence-electron chi connectivity index (χ3n) is 0.930. The van der Waals surface area contributed by atoms with Crippen molar-refractivity contribution in [1.82, 2.24) is 14.9 Å². The molecule has 1 rings (SSSR count). The summed E-state index contributed by atoms with van der Waals surface area (Å²) in [4.78, 5) is 5.47. The monoisotopic (exact) mass is 112 g/mol. The van der Waals surface area contributed by atoms with E-state index in [1.54, 1.807) is 11.8 Å². The van der Waals surface area contributed by atoms with Crippen LogP contribution in [0.4, 0.5) is 0 Å². The maximum atomic E-state index is 3.88. The van der Waals surface area contributed by atoms with Gasteiger partial charge < -0.3 is 5.43 Å². The maximum Gasteiger partial charge on any atom is 0.146 e. The average Bonchev–Trinajstić information content (AvgIpc) is 2.14. The Bertz CT molecular complexity index is 168. The Morgan fingerprint density at radius 1 is 1.75 bits per heavy atom. The molecule has 1 aromatic rings. The van der Waals surface area contributed by atoms with Crippen molar-refractivity contribution < 1.29 is 0 Å². The summed E-state index contributed by atoms with van der Waals surface area (Å²) >= 11 is 0. The van der Waals surface area contributed by atoms with Gasteiger partial charge in [-0.15, -0.1) is 5.10 Å². The van der Waals surface area contributed by atoms with Gasteiger partial charge in [-0.1, -0.05) is 0 Å². The highest BCUT2D eigenvalue weighted by Gasteiger charge is 1.89. The Kier molecular flexibility index (Phi) is 1.15. The quantitative estimate of drug-likeness (QED) is 0.545. The molecule has 1 heterocycles. The van der Waals surface area contributed by atoms with E-state index in [9.17, 15) is 0 Å². The van der Waals surface area contributed by atoms with Gasteiger partial charge in [0, 0.05) is 7.05 Å². The van der Waals surface area contributed by atoms with Crippen molar-refractivity contribution in [1.29, 1.82) is 0 Å². The van der Waals surface area contributed by atoms with Crippen molar-refractivity contribution in [2.45, 2.75) is 6.92 Å². The van der Waals surface area contributed by atoms with Crippen LogP contribution in [0.3, 0.4) is 0 Å². The zero-order valence-corrected chi connectivity index (χ0v) is 4.92. The minimum Gasteiger partial charge on any atom is -0.311 e. The van der Waals surface area contributed by atoms with E-state index >= 15 is 0 Å². The minimum atomic E-state index is 0.868. The van der Waals surface area contributed by atoms with Gasteiger partial charge in [0.2, 0.25) is 0 Å². The fraction of sp³-hybridized carbons (Fsp3) is 0.500. The second-order valence-electron chi connectivity index (χ2n) is 1.44. The first-order chi connectivity index (χ1) is 3.84. The first kappa shape index (κ1) is 5.08. The molecule has 0 bridgehead atoms. The van der Waals surface area contributed by atoms with Crippen LogP contribution in [0.15, 0.2) is 6.33 Å². The summed E-state index contributed by atoms with van der Waals surface area (Å²) in [5, 5.41) is 3.83. The minimum absolute atomic E-state index is 0.868. The van der Waals surface area contributed by atoms with E-state index in [0.29, 0.717) is 0 Å². The number of hydrogen-bond donors (Lipinski definition) is 1. The molecule has 0 fully saturated rings. The molecule has 0 aliphatic rings. The highest BCUT2D eigenvalue weighted by Crippen LogP contribution is 1.82. The lowest BCUT2D eigenvalue weighted by Crippen LogP contribution is -2.11. The second-order valence-corrected chi connectivity index (χ2v) is 1.44. The smallest absolute Gasteiger partial charge is 0.146 e. The van der Waals surface area contributed by atoms with E-state index in [-0.39, 0.29) is 0 Å². The molecule has 0 aliphatic heterocycles. The number of aryl methyl sites for hydroxylation is 1. The highest BCUT2D eigenvalue weighted by molar-refractivity contribution is 4.80. The molecular formula is C4H8N4. The van der Waals surface area contributed by atoms with Crippen molar-refractivity contribution in [3.63, 3.8) is 0 Å². The molecular weight excluding hydrogens is 104 g/mol. The summed E-state index contributed by atoms with van der Waals surface area (Å²) < 4.78 is 0. The fourth-order valence-electron chi connectivity index (χ4n) is 0.519. The van der Waals surface area contributed by atoms with Gasteiger partial charge in [0.25, 0.3) is 0 Å². The Balaban J connectivity index is 2.92. The highest BCUT2D eigenvalue weighted by atomic mass is 15.6. The molecule has 0 saturated heterocycles. The van der Waals surface area contributed by atoms with Gasteiger partial charge in [-0.3, -0.25) is 0 Å². The van der Waals surface area contributed by atoms with Gasteiger partial charge in [0.15, 0.2) is 0 Å². The molecule has 0 aromatic carbocycles. The summed E-state index contributed by atoms with van der Waals surface area (Å²) in [5.41, 5.74) is 2.82. The number of aromatic nitrogens is 3. The van der Waals surface area contributed by atoms with Crippen LogP contribution in [-0.2, 0) is 0 Å². The van der Waals surface area contributed by atoms with Gasteiger partial charge >= 0.3 is 0 Å². The van der Waals surface area contributed by atoms with Crippen LogP contribution in [-0.4, -0.2) is 21.9 Å². The lowest BCUT2D eigenvalue weighted by molar-refractivity contribution is 0.749. The van der Waals surface area contributed by atoms with Crippen molar-refractivity contribution in [3.05, 3.63) is 12.2 Å². The van der Waals surface area contributed by atoms with Crippen LogP contribution >= 0.6 is 0 Å². The Labute approximate surface area is 47.5 Å². The number of rotatable bonds is 1. The standard InChI is InChI=1S/C4H8N4/c1-4-6-3-7-8(4)5-2/h3,5H,1-2H3. The van der Waals surface area contributed by atoms with E-state index in [1.807, 2.05) is 6.92 Å². The lowest BCUT2D eigenvalue weighted by Gasteiger charge is -1.96. The van der Waals surface area contributed by atoms with Crippen molar-refractivity contribution in [2.24, 2.45) is 0 Å². The van der Waals surface area contributed by atoms with E-state index < -0.39 is 0 Å². The van der Waals surface area contributed by atoms with Crippen LogP contribution in [0.25, 0.3) is 0 Å². The number of hydrogen-bond acceptors (Lipinski definition) is 3. The Hall–Kier alpha value is -1.06. The van der Waals surface area contributed by atoms with E-state index in [2.05, 4.69) is 15.5 Å². The van der Waals surface area contributed by atoms with E-state index in [4.69, 9.17) is 0 Å². The van der Waals surface area contributed by atoms with Gasteiger partial charge in [-0.25, -0.2) is 4.98 Å². The fourth-order valence-corrected chi connectivity index (χ4v) is 0.519. The first-order valence-corrected chi connectivity index (χ1v) is 2.39. The van der Waals surface area contributed by atoms with Crippen LogP contribution in [0.5, 0.6) is 0 Å². The average molecular weight is 112 g/mol. The van der Waals surface area contributed by atoms with Gasteiger partial charge in [-0.2, -0.15) is 4.79 Å². The normalized spacial score (nSPS) is 9.25. The molecule has 4 nitrogen and oxygen atoms in total.